The van der Waals surface area contributed by atoms with Crippen LogP contribution in [0.4, 0.5) is 0 Å². The van der Waals surface area contributed by atoms with Gasteiger partial charge in [-0.3, -0.25) is 19.5 Å². The SMILES string of the molecule is O=Cc1cc2c3c(ccc2[nH]1)OCC(CN1CCC(CNC(=O)c2cccnc2)CC1)O3. The molecule has 1 unspecified atom stereocenters. The Labute approximate surface area is 185 Å². The highest BCUT2D eigenvalue weighted by molar-refractivity contribution is 5.94. The molecule has 4 heterocycles. The second-order valence-corrected chi connectivity index (χ2v) is 8.44. The number of hydrogen-bond acceptors (Lipinski definition) is 6. The first-order chi connectivity index (χ1) is 15.7. The number of aromatic amines is 1. The molecule has 1 amide bonds. The van der Waals surface area contributed by atoms with E-state index in [4.69, 9.17) is 9.47 Å². The minimum Gasteiger partial charge on any atom is -0.486 e. The first kappa shape index (κ1) is 20.5. The zero-order valence-electron chi connectivity index (χ0n) is 17.8. The monoisotopic (exact) mass is 434 g/mol. The minimum atomic E-state index is -0.0687. The Morgan fingerprint density at radius 2 is 2.16 bits per heavy atom. The van der Waals surface area contributed by atoms with Crippen LogP contribution in [0.5, 0.6) is 11.5 Å². The summed E-state index contributed by atoms with van der Waals surface area (Å²) < 4.78 is 12.2. The van der Waals surface area contributed by atoms with Gasteiger partial charge in [-0.25, -0.2) is 0 Å². The van der Waals surface area contributed by atoms with Crippen molar-refractivity contribution in [2.24, 2.45) is 5.92 Å². The molecular formula is C24H26N4O4. The summed E-state index contributed by atoms with van der Waals surface area (Å²) in [6.45, 7) is 3.90. The Kier molecular flexibility index (Phi) is 5.77. The van der Waals surface area contributed by atoms with Gasteiger partial charge in [0.15, 0.2) is 17.8 Å². The Bertz CT molecular complexity index is 1110. The maximum Gasteiger partial charge on any atom is 0.252 e. The largest absolute Gasteiger partial charge is 0.486 e. The zero-order valence-corrected chi connectivity index (χ0v) is 17.8. The quantitative estimate of drug-likeness (QED) is 0.579. The molecule has 2 N–H and O–H groups in total. The first-order valence-electron chi connectivity index (χ1n) is 11.0. The molecule has 166 valence electrons. The van der Waals surface area contributed by atoms with Crippen LogP contribution in [0, 0.1) is 5.92 Å². The van der Waals surface area contributed by atoms with E-state index in [9.17, 15) is 9.59 Å². The molecule has 2 aliphatic rings. The molecule has 0 bridgehead atoms. The Morgan fingerprint density at radius 3 is 2.94 bits per heavy atom. The van der Waals surface area contributed by atoms with Crippen molar-refractivity contribution in [3.05, 3.63) is 54.0 Å². The number of fused-ring (bicyclic) bond motifs is 3. The molecule has 0 radical (unpaired) electrons. The Morgan fingerprint density at radius 1 is 1.28 bits per heavy atom. The van der Waals surface area contributed by atoms with Gasteiger partial charge >= 0.3 is 0 Å². The van der Waals surface area contributed by atoms with Gasteiger partial charge in [0.1, 0.15) is 12.7 Å². The lowest BCUT2D eigenvalue weighted by atomic mass is 9.96. The summed E-state index contributed by atoms with van der Waals surface area (Å²) in [5.41, 5.74) is 1.98. The van der Waals surface area contributed by atoms with E-state index in [1.165, 1.54) is 0 Å². The fourth-order valence-electron chi connectivity index (χ4n) is 4.45. The molecule has 32 heavy (non-hydrogen) atoms. The number of hydrogen-bond donors (Lipinski definition) is 2. The van der Waals surface area contributed by atoms with Crippen molar-refractivity contribution in [2.45, 2.75) is 18.9 Å². The van der Waals surface area contributed by atoms with Crippen molar-refractivity contribution >= 4 is 23.1 Å². The summed E-state index contributed by atoms with van der Waals surface area (Å²) in [4.78, 5) is 32.8. The molecule has 3 aromatic rings. The molecule has 8 nitrogen and oxygen atoms in total. The Hall–Kier alpha value is -3.39. The zero-order chi connectivity index (χ0) is 21.9. The summed E-state index contributed by atoms with van der Waals surface area (Å²) in [6.07, 6.45) is 6.05. The van der Waals surface area contributed by atoms with Gasteiger partial charge in [0.25, 0.3) is 5.91 Å². The molecule has 0 spiro atoms. The van der Waals surface area contributed by atoms with E-state index in [0.717, 1.165) is 49.7 Å². The smallest absolute Gasteiger partial charge is 0.252 e. The van der Waals surface area contributed by atoms with Crippen molar-refractivity contribution in [3.63, 3.8) is 0 Å². The van der Waals surface area contributed by atoms with E-state index >= 15 is 0 Å². The highest BCUT2D eigenvalue weighted by Gasteiger charge is 2.28. The number of rotatable bonds is 6. The molecule has 2 aromatic heterocycles. The van der Waals surface area contributed by atoms with Crippen molar-refractivity contribution in [3.8, 4) is 11.5 Å². The number of nitrogens with zero attached hydrogens (tertiary/aromatic N) is 2. The van der Waals surface area contributed by atoms with E-state index in [2.05, 4.69) is 20.2 Å². The minimum absolute atomic E-state index is 0.0653. The maximum atomic E-state index is 12.2. The number of H-pyrrole nitrogens is 1. The first-order valence-corrected chi connectivity index (χ1v) is 11.0. The van der Waals surface area contributed by atoms with Crippen LogP contribution < -0.4 is 14.8 Å². The standard InChI is InChI=1S/C24H26N4O4/c29-14-18-10-20-21(27-18)3-4-22-23(20)32-19(15-31-22)13-28-8-5-16(6-9-28)11-26-24(30)17-2-1-7-25-12-17/h1-4,7,10,12,14,16,19,27H,5-6,8-9,11,13,15H2,(H,26,30). The van der Waals surface area contributed by atoms with E-state index in [0.29, 0.717) is 41.8 Å². The molecule has 2 aliphatic heterocycles. The summed E-state index contributed by atoms with van der Waals surface area (Å²) >= 11 is 0. The van der Waals surface area contributed by atoms with E-state index in [-0.39, 0.29) is 12.0 Å². The molecule has 5 rings (SSSR count). The lowest BCUT2D eigenvalue weighted by Crippen LogP contribution is -2.45. The molecule has 0 saturated carbocycles. The molecule has 8 heteroatoms. The third-order valence-corrected chi connectivity index (χ3v) is 6.22. The number of aromatic nitrogens is 2. The molecular weight excluding hydrogens is 408 g/mol. The topological polar surface area (TPSA) is 96.6 Å². The van der Waals surface area contributed by atoms with E-state index in [1.54, 1.807) is 30.6 Å². The Balaban J connectivity index is 1.12. The lowest BCUT2D eigenvalue weighted by molar-refractivity contribution is 0.0490. The van der Waals surface area contributed by atoms with Crippen molar-refractivity contribution in [2.75, 3.05) is 32.8 Å². The molecule has 1 atom stereocenters. The van der Waals surface area contributed by atoms with Crippen molar-refractivity contribution in [1.82, 2.24) is 20.2 Å². The number of aldehydes is 1. The highest BCUT2D eigenvalue weighted by atomic mass is 16.6. The van der Waals surface area contributed by atoms with Crippen LogP contribution >= 0.6 is 0 Å². The van der Waals surface area contributed by atoms with Crippen LogP contribution in [0.15, 0.2) is 42.7 Å². The third-order valence-electron chi connectivity index (χ3n) is 6.22. The third kappa shape index (κ3) is 4.31. The fraction of sp³-hybridized carbons (Fsp3) is 0.375. The predicted molar refractivity (Wildman–Crippen MR) is 119 cm³/mol. The maximum absolute atomic E-state index is 12.2. The lowest BCUT2D eigenvalue weighted by Gasteiger charge is -2.35. The van der Waals surface area contributed by atoms with Gasteiger partial charge in [0.05, 0.1) is 11.3 Å². The number of benzene rings is 1. The van der Waals surface area contributed by atoms with Gasteiger partial charge in [0, 0.05) is 36.4 Å². The number of piperidine rings is 1. The average molecular weight is 434 g/mol. The van der Waals surface area contributed by atoms with Crippen LogP contribution in [0.3, 0.4) is 0 Å². The summed E-state index contributed by atoms with van der Waals surface area (Å²) in [5.74, 6) is 1.82. The number of ether oxygens (including phenoxy) is 2. The number of carbonyl (C=O) groups excluding carboxylic acids is 2. The van der Waals surface area contributed by atoms with Crippen LogP contribution in [0.2, 0.25) is 0 Å². The van der Waals surface area contributed by atoms with Gasteiger partial charge in [-0.2, -0.15) is 0 Å². The summed E-state index contributed by atoms with van der Waals surface area (Å²) in [5, 5.41) is 3.90. The number of nitrogens with one attached hydrogen (secondary N) is 2. The van der Waals surface area contributed by atoms with Crippen LogP contribution in [0.25, 0.3) is 10.9 Å². The molecule has 0 aliphatic carbocycles. The van der Waals surface area contributed by atoms with Gasteiger partial charge in [-0.15, -0.1) is 0 Å². The molecule has 1 saturated heterocycles. The molecule has 1 aromatic carbocycles. The number of pyridine rings is 1. The normalized spacial score (nSPS) is 19.1. The predicted octanol–water partition coefficient (Wildman–Crippen LogP) is 2.66. The van der Waals surface area contributed by atoms with Crippen LogP contribution in [-0.4, -0.2) is 66.0 Å². The average Bonchev–Trinajstić information content (AvgIpc) is 3.28. The van der Waals surface area contributed by atoms with Gasteiger partial charge in [0.2, 0.25) is 0 Å². The van der Waals surface area contributed by atoms with Crippen LogP contribution in [-0.2, 0) is 0 Å². The van der Waals surface area contributed by atoms with E-state index in [1.807, 2.05) is 12.1 Å². The highest BCUT2D eigenvalue weighted by Crippen LogP contribution is 2.39. The second kappa shape index (κ2) is 9.00. The van der Waals surface area contributed by atoms with Gasteiger partial charge in [-0.05, 0) is 62.2 Å². The summed E-state index contributed by atoms with van der Waals surface area (Å²) in [6, 6.07) is 9.13. The summed E-state index contributed by atoms with van der Waals surface area (Å²) in [7, 11) is 0. The second-order valence-electron chi connectivity index (χ2n) is 8.44. The van der Waals surface area contributed by atoms with Gasteiger partial charge < -0.3 is 19.8 Å². The van der Waals surface area contributed by atoms with Gasteiger partial charge in [-0.1, -0.05) is 0 Å². The molecule has 1 fully saturated rings. The number of amides is 1. The number of likely N-dealkylation sites (tertiary alicyclic amines) is 1. The van der Waals surface area contributed by atoms with Crippen molar-refractivity contribution in [1.29, 1.82) is 0 Å². The van der Waals surface area contributed by atoms with Crippen LogP contribution in [0.1, 0.15) is 33.7 Å². The van der Waals surface area contributed by atoms with Crippen molar-refractivity contribution < 1.29 is 19.1 Å². The number of carbonyl (C=O) groups is 2. The van der Waals surface area contributed by atoms with E-state index < -0.39 is 0 Å². The fourth-order valence-corrected chi connectivity index (χ4v) is 4.45.